The van der Waals surface area contributed by atoms with E-state index < -0.39 is 11.7 Å². The summed E-state index contributed by atoms with van der Waals surface area (Å²) in [5, 5.41) is 0.649. The molecule has 0 spiro atoms. The van der Waals surface area contributed by atoms with Crippen molar-refractivity contribution in [2.24, 2.45) is 0 Å². The van der Waals surface area contributed by atoms with Crippen LogP contribution in [0.3, 0.4) is 0 Å². The van der Waals surface area contributed by atoms with E-state index in [9.17, 15) is 13.2 Å². The van der Waals surface area contributed by atoms with Gasteiger partial charge in [-0.1, -0.05) is 11.6 Å². The number of hydrogen-bond donors (Lipinski definition) is 0. The summed E-state index contributed by atoms with van der Waals surface area (Å²) in [5.74, 6) is 0. The van der Waals surface area contributed by atoms with E-state index in [1.54, 1.807) is 6.92 Å². The Kier molecular flexibility index (Phi) is 3.24. The summed E-state index contributed by atoms with van der Waals surface area (Å²) in [6.45, 7) is 1.77. The van der Waals surface area contributed by atoms with Crippen LogP contribution in [0.15, 0.2) is 18.2 Å². The molecule has 0 aliphatic heterocycles. The van der Waals surface area contributed by atoms with Crippen LogP contribution in [0.25, 0.3) is 10.9 Å². The lowest BCUT2D eigenvalue weighted by atomic mass is 10.1. The first-order valence-corrected chi connectivity index (χ1v) is 6.09. The number of nitrogens with zero attached hydrogens (tertiary/aromatic N) is 1. The van der Waals surface area contributed by atoms with E-state index in [0.717, 1.165) is 12.1 Å². The molecule has 2 aromatic rings. The van der Waals surface area contributed by atoms with Crippen LogP contribution in [0.4, 0.5) is 13.2 Å². The molecule has 0 fully saturated rings. The standard InChI is InChI=1S/C11H6ClF3IN/c1-5-10(16)9(12)7-4-6(11(13,14)15)2-3-8(7)17-5/h2-4H,1H3. The van der Waals surface area contributed by atoms with Crippen molar-refractivity contribution >= 4 is 45.1 Å². The molecule has 6 heteroatoms. The average Bonchev–Trinajstić information content (AvgIpc) is 2.24. The summed E-state index contributed by atoms with van der Waals surface area (Å²) < 4.78 is 38.4. The number of fused-ring (bicyclic) bond motifs is 1. The van der Waals surface area contributed by atoms with E-state index in [0.29, 0.717) is 25.2 Å². The highest BCUT2D eigenvalue weighted by atomic mass is 127. The Hall–Kier alpha value is -0.560. The zero-order chi connectivity index (χ0) is 12.8. The molecular formula is C11H6ClF3IN. The average molecular weight is 372 g/mol. The number of aryl methyl sites for hydroxylation is 1. The van der Waals surface area contributed by atoms with Gasteiger partial charge in [0.1, 0.15) is 0 Å². The van der Waals surface area contributed by atoms with Gasteiger partial charge >= 0.3 is 6.18 Å². The summed E-state index contributed by atoms with van der Waals surface area (Å²) in [4.78, 5) is 4.20. The molecule has 1 aromatic heterocycles. The Balaban J connectivity index is 2.78. The van der Waals surface area contributed by atoms with Crippen LogP contribution in [0.2, 0.25) is 5.02 Å². The summed E-state index contributed by atoms with van der Waals surface area (Å²) in [6.07, 6.45) is -4.37. The Morgan fingerprint density at radius 2 is 1.94 bits per heavy atom. The molecule has 2 rings (SSSR count). The molecule has 0 amide bonds. The van der Waals surface area contributed by atoms with Crippen LogP contribution in [0.1, 0.15) is 11.3 Å². The fraction of sp³-hybridized carbons (Fsp3) is 0.182. The molecule has 0 aliphatic rings. The van der Waals surface area contributed by atoms with Gasteiger partial charge < -0.3 is 0 Å². The van der Waals surface area contributed by atoms with Gasteiger partial charge in [0.25, 0.3) is 0 Å². The Morgan fingerprint density at radius 1 is 1.29 bits per heavy atom. The van der Waals surface area contributed by atoms with Gasteiger partial charge in [0.05, 0.1) is 25.4 Å². The number of alkyl halides is 3. The molecule has 0 bridgehead atoms. The molecule has 0 N–H and O–H groups in total. The normalized spacial score (nSPS) is 12.1. The highest BCUT2D eigenvalue weighted by molar-refractivity contribution is 14.1. The third-order valence-corrected chi connectivity index (χ3v) is 4.39. The zero-order valence-corrected chi connectivity index (χ0v) is 11.5. The van der Waals surface area contributed by atoms with Crippen LogP contribution in [-0.2, 0) is 6.18 Å². The van der Waals surface area contributed by atoms with E-state index in [1.807, 2.05) is 22.6 Å². The summed E-state index contributed by atoms with van der Waals surface area (Å²) in [5.41, 5.74) is 0.470. The first-order chi connectivity index (χ1) is 7.80. The van der Waals surface area contributed by atoms with Gasteiger partial charge in [-0.05, 0) is 47.7 Å². The molecule has 0 unspecified atom stereocenters. The molecule has 17 heavy (non-hydrogen) atoms. The minimum Gasteiger partial charge on any atom is -0.252 e. The minimum absolute atomic E-state index is 0.319. The van der Waals surface area contributed by atoms with Gasteiger partial charge in [0.2, 0.25) is 0 Å². The van der Waals surface area contributed by atoms with E-state index in [1.165, 1.54) is 6.07 Å². The Labute approximate surface area is 114 Å². The highest BCUT2D eigenvalue weighted by Gasteiger charge is 2.30. The lowest BCUT2D eigenvalue weighted by molar-refractivity contribution is -0.137. The number of pyridine rings is 1. The van der Waals surface area contributed by atoms with Crippen molar-refractivity contribution in [3.8, 4) is 0 Å². The lowest BCUT2D eigenvalue weighted by Gasteiger charge is -2.10. The summed E-state index contributed by atoms with van der Waals surface area (Å²) in [7, 11) is 0. The van der Waals surface area contributed by atoms with Crippen LogP contribution in [0.5, 0.6) is 0 Å². The second-order valence-corrected chi connectivity index (χ2v) is 5.01. The largest absolute Gasteiger partial charge is 0.416 e. The number of hydrogen-bond acceptors (Lipinski definition) is 1. The van der Waals surface area contributed by atoms with Crippen LogP contribution in [-0.4, -0.2) is 4.98 Å². The molecule has 0 aliphatic carbocycles. The molecule has 0 atom stereocenters. The maximum atomic E-state index is 12.6. The van der Waals surface area contributed by atoms with Crippen molar-refractivity contribution < 1.29 is 13.2 Å². The Morgan fingerprint density at radius 3 is 2.53 bits per heavy atom. The van der Waals surface area contributed by atoms with Gasteiger partial charge in [0.15, 0.2) is 0 Å². The topological polar surface area (TPSA) is 12.9 Å². The lowest BCUT2D eigenvalue weighted by Crippen LogP contribution is -2.04. The number of aromatic nitrogens is 1. The smallest absolute Gasteiger partial charge is 0.252 e. The maximum Gasteiger partial charge on any atom is 0.416 e. The van der Waals surface area contributed by atoms with Crippen molar-refractivity contribution in [2.45, 2.75) is 13.1 Å². The van der Waals surface area contributed by atoms with E-state index in [-0.39, 0.29) is 0 Å². The predicted octanol–water partition coefficient (Wildman–Crippen LogP) is 4.82. The van der Waals surface area contributed by atoms with Gasteiger partial charge in [-0.15, -0.1) is 0 Å². The number of rotatable bonds is 0. The molecule has 90 valence electrons. The predicted molar refractivity (Wildman–Crippen MR) is 69.2 cm³/mol. The second-order valence-electron chi connectivity index (χ2n) is 3.55. The quantitative estimate of drug-likeness (QED) is 0.605. The van der Waals surface area contributed by atoms with Crippen molar-refractivity contribution in [2.75, 3.05) is 0 Å². The van der Waals surface area contributed by atoms with E-state index in [4.69, 9.17) is 11.6 Å². The summed E-state index contributed by atoms with van der Waals surface area (Å²) in [6, 6.07) is 3.39. The maximum absolute atomic E-state index is 12.6. The van der Waals surface area contributed by atoms with Crippen molar-refractivity contribution in [3.63, 3.8) is 0 Å². The van der Waals surface area contributed by atoms with Crippen LogP contribution >= 0.6 is 34.2 Å². The second kappa shape index (κ2) is 4.28. The molecule has 0 radical (unpaired) electrons. The molecule has 0 saturated carbocycles. The fourth-order valence-electron chi connectivity index (χ4n) is 1.49. The third-order valence-electron chi connectivity index (χ3n) is 2.36. The van der Waals surface area contributed by atoms with Crippen molar-refractivity contribution in [1.82, 2.24) is 4.98 Å². The number of halogens is 5. The Bertz CT molecular complexity index is 595. The highest BCUT2D eigenvalue weighted by Crippen LogP contribution is 2.35. The van der Waals surface area contributed by atoms with Gasteiger partial charge in [-0.2, -0.15) is 13.2 Å². The molecule has 1 heterocycles. The van der Waals surface area contributed by atoms with E-state index >= 15 is 0 Å². The van der Waals surface area contributed by atoms with Gasteiger partial charge in [0, 0.05) is 5.39 Å². The van der Waals surface area contributed by atoms with E-state index in [2.05, 4.69) is 4.98 Å². The first-order valence-electron chi connectivity index (χ1n) is 4.63. The van der Waals surface area contributed by atoms with Crippen LogP contribution in [0, 0.1) is 10.5 Å². The van der Waals surface area contributed by atoms with Gasteiger partial charge in [-0.3, -0.25) is 4.98 Å². The SMILES string of the molecule is Cc1nc2ccc(C(F)(F)F)cc2c(Cl)c1I. The molecule has 1 nitrogen and oxygen atoms in total. The molecular weight excluding hydrogens is 365 g/mol. The van der Waals surface area contributed by atoms with Crippen molar-refractivity contribution in [3.05, 3.63) is 38.0 Å². The monoisotopic (exact) mass is 371 g/mol. The summed E-state index contributed by atoms with van der Waals surface area (Å²) >= 11 is 8.01. The zero-order valence-electron chi connectivity index (χ0n) is 8.57. The molecule has 1 aromatic carbocycles. The number of benzene rings is 1. The van der Waals surface area contributed by atoms with Crippen LogP contribution < -0.4 is 0 Å². The third kappa shape index (κ3) is 2.35. The fourth-order valence-corrected chi connectivity index (χ4v) is 2.19. The first kappa shape index (κ1) is 12.9. The van der Waals surface area contributed by atoms with Crippen molar-refractivity contribution in [1.29, 1.82) is 0 Å². The molecule has 0 saturated heterocycles. The van der Waals surface area contributed by atoms with Gasteiger partial charge in [-0.25, -0.2) is 0 Å². The minimum atomic E-state index is -4.37.